The average molecular weight is 308 g/mol. The van der Waals surface area contributed by atoms with E-state index < -0.39 is 0 Å². The van der Waals surface area contributed by atoms with E-state index in [1.54, 1.807) is 0 Å². The van der Waals surface area contributed by atoms with Crippen LogP contribution in [0.5, 0.6) is 0 Å². The first-order valence-corrected chi connectivity index (χ1v) is 7.80. The lowest BCUT2D eigenvalue weighted by molar-refractivity contribution is 0.675. The average Bonchev–Trinajstić information content (AvgIpc) is 2.26. The van der Waals surface area contributed by atoms with E-state index in [0.29, 0.717) is 5.92 Å². The van der Waals surface area contributed by atoms with Crippen LogP contribution >= 0.6 is 39.3 Å². The minimum Gasteiger partial charge on any atom is -0.165 e. The largest absolute Gasteiger partial charge is 0.165 e. The third-order valence-corrected chi connectivity index (χ3v) is 4.03. The number of benzene rings is 1. The fourth-order valence-electron chi connectivity index (χ4n) is 1.54. The van der Waals surface area contributed by atoms with E-state index in [1.807, 2.05) is 11.8 Å². The smallest absolute Gasteiger partial charge is 0.0292 e. The van der Waals surface area contributed by atoms with Crippen LogP contribution in [-0.4, -0.2) is 17.9 Å². The Kier molecular flexibility index (Phi) is 6.78. The van der Waals surface area contributed by atoms with Crippen molar-refractivity contribution in [2.45, 2.75) is 18.8 Å². The second-order valence-corrected chi connectivity index (χ2v) is 5.75. The number of rotatable bonds is 6. The summed E-state index contributed by atoms with van der Waals surface area (Å²) in [5.41, 5.74) is 1.36. The van der Waals surface area contributed by atoms with Gasteiger partial charge in [0.2, 0.25) is 0 Å². The molecule has 1 unspecified atom stereocenters. The quantitative estimate of drug-likeness (QED) is 0.531. The number of hydrogen-bond acceptors (Lipinski definition) is 1. The van der Waals surface area contributed by atoms with Crippen molar-refractivity contribution in [1.82, 2.24) is 0 Å². The summed E-state index contributed by atoms with van der Waals surface area (Å²) in [4.78, 5) is 0. The van der Waals surface area contributed by atoms with Crippen LogP contribution in [0.4, 0.5) is 0 Å². The fourth-order valence-corrected chi connectivity index (χ4v) is 2.59. The zero-order valence-corrected chi connectivity index (χ0v) is 12.0. The molecule has 84 valence electrons. The molecule has 0 saturated carbocycles. The van der Waals surface area contributed by atoms with E-state index in [9.17, 15) is 0 Å². The Morgan fingerprint density at radius 3 is 2.53 bits per heavy atom. The predicted octanol–water partition coefficient (Wildman–Crippen LogP) is 4.91. The summed E-state index contributed by atoms with van der Waals surface area (Å²) in [5, 5.41) is 0. The monoisotopic (exact) mass is 306 g/mol. The standard InChI is InChI=1S/C12H16BrClS/c1-15-8-2-3-11(9-14)10-4-6-12(13)7-5-10/h4-7,11H,2-3,8-9H2,1H3. The van der Waals surface area contributed by atoms with E-state index in [2.05, 4.69) is 46.5 Å². The molecule has 1 rings (SSSR count). The van der Waals surface area contributed by atoms with Gasteiger partial charge in [-0.3, -0.25) is 0 Å². The van der Waals surface area contributed by atoms with E-state index in [1.165, 1.54) is 24.2 Å². The molecule has 1 aromatic rings. The maximum Gasteiger partial charge on any atom is 0.0292 e. The molecular formula is C12H16BrClS. The van der Waals surface area contributed by atoms with Gasteiger partial charge >= 0.3 is 0 Å². The van der Waals surface area contributed by atoms with Crippen molar-refractivity contribution in [3.8, 4) is 0 Å². The molecule has 0 fully saturated rings. The van der Waals surface area contributed by atoms with E-state index in [0.717, 1.165) is 10.4 Å². The second-order valence-electron chi connectivity index (χ2n) is 3.54. The van der Waals surface area contributed by atoms with Crippen LogP contribution in [0.25, 0.3) is 0 Å². The van der Waals surface area contributed by atoms with Gasteiger partial charge in [-0.1, -0.05) is 28.1 Å². The fraction of sp³-hybridized carbons (Fsp3) is 0.500. The Hall–Kier alpha value is 0.340. The molecule has 0 heterocycles. The first kappa shape index (κ1) is 13.4. The summed E-state index contributed by atoms with van der Waals surface area (Å²) in [6.45, 7) is 0. The third kappa shape index (κ3) is 4.80. The Balaban J connectivity index is 2.53. The number of thioether (sulfide) groups is 1. The van der Waals surface area contributed by atoms with Crippen molar-refractivity contribution in [3.63, 3.8) is 0 Å². The summed E-state index contributed by atoms with van der Waals surface area (Å²) in [6.07, 6.45) is 4.58. The molecule has 1 atom stereocenters. The minimum absolute atomic E-state index is 0.506. The highest BCUT2D eigenvalue weighted by Crippen LogP contribution is 2.24. The summed E-state index contributed by atoms with van der Waals surface area (Å²) in [5.74, 6) is 2.45. The second kappa shape index (κ2) is 7.59. The highest BCUT2D eigenvalue weighted by Gasteiger charge is 2.09. The molecule has 0 bridgehead atoms. The Bertz CT molecular complexity index is 273. The molecule has 0 aliphatic heterocycles. The Labute approximate surface area is 110 Å². The Morgan fingerprint density at radius 1 is 1.33 bits per heavy atom. The number of halogens is 2. The topological polar surface area (TPSA) is 0 Å². The molecule has 0 aliphatic carbocycles. The lowest BCUT2D eigenvalue weighted by atomic mass is 9.96. The van der Waals surface area contributed by atoms with Crippen LogP contribution in [0.2, 0.25) is 0 Å². The summed E-state index contributed by atoms with van der Waals surface area (Å²) < 4.78 is 1.13. The first-order valence-electron chi connectivity index (χ1n) is 5.08. The minimum atomic E-state index is 0.506. The van der Waals surface area contributed by atoms with E-state index >= 15 is 0 Å². The van der Waals surface area contributed by atoms with Gasteiger partial charge in [-0.2, -0.15) is 11.8 Å². The van der Waals surface area contributed by atoms with Gasteiger partial charge < -0.3 is 0 Å². The summed E-state index contributed by atoms with van der Waals surface area (Å²) in [7, 11) is 0. The molecule has 1 aromatic carbocycles. The Morgan fingerprint density at radius 2 is 2.00 bits per heavy atom. The van der Waals surface area contributed by atoms with Gasteiger partial charge in [-0.05, 0) is 48.5 Å². The molecule has 0 aliphatic rings. The molecule has 0 spiro atoms. The van der Waals surface area contributed by atoms with Crippen molar-refractivity contribution in [2.24, 2.45) is 0 Å². The van der Waals surface area contributed by atoms with Crippen molar-refractivity contribution < 1.29 is 0 Å². The molecular weight excluding hydrogens is 292 g/mol. The van der Waals surface area contributed by atoms with Crippen molar-refractivity contribution >= 4 is 39.3 Å². The zero-order chi connectivity index (χ0) is 11.1. The first-order chi connectivity index (χ1) is 7.27. The SMILES string of the molecule is CSCCCC(CCl)c1ccc(Br)cc1. The third-order valence-electron chi connectivity index (χ3n) is 2.43. The summed E-state index contributed by atoms with van der Waals surface area (Å²) >= 11 is 11.3. The maximum atomic E-state index is 6.00. The molecule has 15 heavy (non-hydrogen) atoms. The lowest BCUT2D eigenvalue weighted by Gasteiger charge is -2.13. The lowest BCUT2D eigenvalue weighted by Crippen LogP contribution is -2.01. The molecule has 0 amide bonds. The van der Waals surface area contributed by atoms with Crippen LogP contribution in [0.3, 0.4) is 0 Å². The normalized spacial score (nSPS) is 12.7. The van der Waals surface area contributed by atoms with Gasteiger partial charge in [0.25, 0.3) is 0 Å². The highest BCUT2D eigenvalue weighted by atomic mass is 79.9. The van der Waals surface area contributed by atoms with Gasteiger partial charge in [0.05, 0.1) is 0 Å². The summed E-state index contributed by atoms with van der Waals surface area (Å²) in [6, 6.07) is 8.50. The van der Waals surface area contributed by atoms with E-state index in [-0.39, 0.29) is 0 Å². The molecule has 0 nitrogen and oxygen atoms in total. The van der Waals surface area contributed by atoms with Crippen molar-refractivity contribution in [2.75, 3.05) is 17.9 Å². The van der Waals surface area contributed by atoms with Gasteiger partial charge in [-0.25, -0.2) is 0 Å². The van der Waals surface area contributed by atoms with Crippen molar-refractivity contribution in [1.29, 1.82) is 0 Å². The van der Waals surface area contributed by atoms with Gasteiger partial charge in [0, 0.05) is 10.4 Å². The number of alkyl halides is 1. The zero-order valence-electron chi connectivity index (χ0n) is 8.88. The van der Waals surface area contributed by atoms with Crippen LogP contribution in [-0.2, 0) is 0 Å². The van der Waals surface area contributed by atoms with Crippen LogP contribution in [0.1, 0.15) is 24.3 Å². The van der Waals surface area contributed by atoms with Gasteiger partial charge in [0.15, 0.2) is 0 Å². The van der Waals surface area contributed by atoms with Crippen LogP contribution < -0.4 is 0 Å². The van der Waals surface area contributed by atoms with Crippen LogP contribution in [0.15, 0.2) is 28.7 Å². The van der Waals surface area contributed by atoms with Gasteiger partial charge in [0.1, 0.15) is 0 Å². The number of hydrogen-bond donors (Lipinski definition) is 0. The molecule has 0 radical (unpaired) electrons. The molecule has 3 heteroatoms. The molecule has 0 saturated heterocycles. The van der Waals surface area contributed by atoms with Crippen LogP contribution in [0, 0.1) is 0 Å². The van der Waals surface area contributed by atoms with E-state index in [4.69, 9.17) is 11.6 Å². The highest BCUT2D eigenvalue weighted by molar-refractivity contribution is 9.10. The predicted molar refractivity (Wildman–Crippen MR) is 75.2 cm³/mol. The van der Waals surface area contributed by atoms with Gasteiger partial charge in [-0.15, -0.1) is 11.6 Å². The van der Waals surface area contributed by atoms with Crippen molar-refractivity contribution in [3.05, 3.63) is 34.3 Å². The molecule has 0 aromatic heterocycles. The molecule has 0 N–H and O–H groups in total. The maximum absolute atomic E-state index is 6.00.